The Bertz CT molecular complexity index is 1090. The van der Waals surface area contributed by atoms with E-state index in [0.717, 1.165) is 21.7 Å². The van der Waals surface area contributed by atoms with Crippen molar-refractivity contribution >= 4 is 39.9 Å². The van der Waals surface area contributed by atoms with Crippen molar-refractivity contribution in [3.8, 4) is 0 Å². The first kappa shape index (κ1) is 20.7. The van der Waals surface area contributed by atoms with Gasteiger partial charge in [0.2, 0.25) is 11.7 Å². The molecule has 1 N–H and O–H groups in total. The maximum atomic E-state index is 12.8. The highest BCUT2D eigenvalue weighted by Gasteiger charge is 2.20. The molecule has 1 amide bonds. The summed E-state index contributed by atoms with van der Waals surface area (Å²) in [7, 11) is 0. The molecule has 6 nitrogen and oxygen atoms in total. The van der Waals surface area contributed by atoms with E-state index in [2.05, 4.69) is 10.3 Å². The Balaban J connectivity index is 1.75. The zero-order chi connectivity index (χ0) is 21.0. The lowest BCUT2D eigenvalue weighted by molar-refractivity contribution is -0.119. The zero-order valence-corrected chi connectivity index (χ0v) is 17.4. The van der Waals surface area contributed by atoms with Crippen molar-refractivity contribution in [2.45, 2.75) is 33.7 Å². The molecule has 0 unspecified atom stereocenters. The number of nitrogens with zero attached hydrogens (tertiary/aromatic N) is 1. The highest BCUT2D eigenvalue weighted by atomic mass is 32.1. The molecule has 1 aromatic carbocycles. The van der Waals surface area contributed by atoms with Gasteiger partial charge in [0.1, 0.15) is 0 Å². The summed E-state index contributed by atoms with van der Waals surface area (Å²) < 4.78 is 5.36. The van der Waals surface area contributed by atoms with Crippen molar-refractivity contribution in [3.05, 3.63) is 63.0 Å². The standard InChI is InChI=1S/C22H22N2O4S/c1-4-17-13(2)21(16-7-5-6-8-18(16)24-17)22(27)28-12-19(26)20-10-9-15(29-20)11-23-14(3)25/h5-10H,4,11-12H2,1-3H3,(H,23,25). The van der Waals surface area contributed by atoms with Crippen LogP contribution in [0.3, 0.4) is 0 Å². The van der Waals surface area contributed by atoms with Crippen LogP contribution in [0.5, 0.6) is 0 Å². The number of thiophene rings is 1. The number of aromatic nitrogens is 1. The average molecular weight is 410 g/mol. The lowest BCUT2D eigenvalue weighted by Gasteiger charge is -2.13. The SMILES string of the molecule is CCc1nc2ccccc2c(C(=O)OCC(=O)c2ccc(CNC(C)=O)s2)c1C. The smallest absolute Gasteiger partial charge is 0.339 e. The van der Waals surface area contributed by atoms with Crippen LogP contribution in [0.25, 0.3) is 10.9 Å². The number of para-hydroxylation sites is 1. The second-order valence-electron chi connectivity index (χ2n) is 6.60. The molecule has 3 rings (SSSR count). The van der Waals surface area contributed by atoms with E-state index in [1.807, 2.05) is 38.1 Å². The van der Waals surface area contributed by atoms with E-state index in [9.17, 15) is 14.4 Å². The summed E-state index contributed by atoms with van der Waals surface area (Å²) in [5, 5.41) is 3.40. The van der Waals surface area contributed by atoms with Crippen LogP contribution in [0, 0.1) is 6.92 Å². The average Bonchev–Trinajstić information content (AvgIpc) is 3.19. The molecule has 0 aliphatic rings. The van der Waals surface area contributed by atoms with E-state index in [4.69, 9.17) is 4.74 Å². The number of ketones is 1. The number of nitrogens with one attached hydrogen (secondary N) is 1. The van der Waals surface area contributed by atoms with Crippen LogP contribution in [0.1, 0.15) is 50.0 Å². The van der Waals surface area contributed by atoms with Gasteiger partial charge in [0.15, 0.2) is 6.61 Å². The maximum Gasteiger partial charge on any atom is 0.339 e. The fourth-order valence-corrected chi connectivity index (χ4v) is 3.95. The highest BCUT2D eigenvalue weighted by Crippen LogP contribution is 2.24. The monoisotopic (exact) mass is 410 g/mol. The van der Waals surface area contributed by atoms with Gasteiger partial charge in [-0.15, -0.1) is 11.3 Å². The van der Waals surface area contributed by atoms with Crippen LogP contribution in [0.4, 0.5) is 0 Å². The molecule has 0 radical (unpaired) electrons. The zero-order valence-electron chi connectivity index (χ0n) is 16.6. The number of ether oxygens (including phenoxy) is 1. The number of Topliss-reactive ketones (excluding diaryl/α,β-unsaturated/α-hetero) is 1. The second kappa shape index (κ2) is 8.96. The molecule has 0 saturated heterocycles. The molecule has 3 aromatic rings. The third-order valence-corrected chi connectivity index (χ3v) is 5.68. The van der Waals surface area contributed by atoms with Gasteiger partial charge < -0.3 is 10.1 Å². The summed E-state index contributed by atoms with van der Waals surface area (Å²) in [4.78, 5) is 42.2. The Kier molecular flexibility index (Phi) is 6.39. The lowest BCUT2D eigenvalue weighted by Crippen LogP contribution is -2.18. The first-order chi connectivity index (χ1) is 13.9. The van der Waals surface area contributed by atoms with Crippen LogP contribution in [0.2, 0.25) is 0 Å². The molecule has 150 valence electrons. The number of aryl methyl sites for hydroxylation is 1. The van der Waals surface area contributed by atoms with Crippen LogP contribution >= 0.6 is 11.3 Å². The third kappa shape index (κ3) is 4.68. The predicted molar refractivity (Wildman–Crippen MR) is 112 cm³/mol. The van der Waals surface area contributed by atoms with E-state index in [0.29, 0.717) is 28.8 Å². The minimum atomic E-state index is -0.529. The minimum Gasteiger partial charge on any atom is -0.454 e. The fourth-order valence-electron chi connectivity index (χ4n) is 3.07. The van der Waals surface area contributed by atoms with Gasteiger partial charge in [-0.25, -0.2) is 4.79 Å². The van der Waals surface area contributed by atoms with Gasteiger partial charge in [0.25, 0.3) is 0 Å². The molecule has 0 fully saturated rings. The number of carbonyl (C=O) groups is 3. The second-order valence-corrected chi connectivity index (χ2v) is 7.77. The summed E-state index contributed by atoms with van der Waals surface area (Å²) >= 11 is 1.28. The van der Waals surface area contributed by atoms with Gasteiger partial charge in [-0.2, -0.15) is 0 Å². The van der Waals surface area contributed by atoms with Crippen molar-refractivity contribution in [1.82, 2.24) is 10.3 Å². The Morgan fingerprint density at radius 3 is 2.62 bits per heavy atom. The van der Waals surface area contributed by atoms with E-state index in [-0.39, 0.29) is 18.3 Å². The van der Waals surface area contributed by atoms with Gasteiger partial charge in [0.05, 0.1) is 22.5 Å². The quantitative estimate of drug-likeness (QED) is 0.472. The first-order valence-electron chi connectivity index (χ1n) is 9.32. The van der Waals surface area contributed by atoms with Gasteiger partial charge in [-0.1, -0.05) is 25.1 Å². The third-order valence-electron chi connectivity index (χ3n) is 4.56. The number of benzene rings is 1. The topological polar surface area (TPSA) is 85.4 Å². The number of carbonyl (C=O) groups excluding carboxylic acids is 3. The van der Waals surface area contributed by atoms with Crippen LogP contribution in [0.15, 0.2) is 36.4 Å². The summed E-state index contributed by atoms with van der Waals surface area (Å²) in [6.45, 7) is 5.31. The van der Waals surface area contributed by atoms with Gasteiger partial charge >= 0.3 is 5.97 Å². The molecule has 29 heavy (non-hydrogen) atoms. The van der Waals surface area contributed by atoms with Gasteiger partial charge in [-0.3, -0.25) is 14.6 Å². The van der Waals surface area contributed by atoms with E-state index in [1.165, 1.54) is 18.3 Å². The van der Waals surface area contributed by atoms with Crippen molar-refractivity contribution in [3.63, 3.8) is 0 Å². The Hall–Kier alpha value is -3.06. The Morgan fingerprint density at radius 1 is 1.14 bits per heavy atom. The van der Waals surface area contributed by atoms with Crippen LogP contribution in [-0.4, -0.2) is 29.3 Å². The number of hydrogen-bond donors (Lipinski definition) is 1. The summed E-state index contributed by atoms with van der Waals surface area (Å²) in [5.41, 5.74) is 2.80. The fraction of sp³-hybridized carbons (Fsp3) is 0.273. The number of rotatable bonds is 7. The van der Waals surface area contributed by atoms with E-state index < -0.39 is 5.97 Å². The predicted octanol–water partition coefficient (Wildman–Crippen LogP) is 3.84. The molecule has 7 heteroatoms. The van der Waals surface area contributed by atoms with Gasteiger partial charge in [-0.05, 0) is 37.1 Å². The molecule has 0 aliphatic heterocycles. The Labute approximate surface area is 172 Å². The number of pyridine rings is 1. The molecule has 0 spiro atoms. The number of fused-ring (bicyclic) bond motifs is 1. The largest absolute Gasteiger partial charge is 0.454 e. The lowest BCUT2D eigenvalue weighted by atomic mass is 10.0. The maximum absolute atomic E-state index is 12.8. The summed E-state index contributed by atoms with van der Waals surface area (Å²) in [5.74, 6) is -0.935. The number of amides is 1. The normalized spacial score (nSPS) is 10.7. The van der Waals surface area contributed by atoms with Crippen molar-refractivity contribution in [2.24, 2.45) is 0 Å². The molecule has 0 saturated carbocycles. The van der Waals surface area contributed by atoms with Crippen molar-refractivity contribution < 1.29 is 19.1 Å². The highest BCUT2D eigenvalue weighted by molar-refractivity contribution is 7.14. The van der Waals surface area contributed by atoms with Crippen molar-refractivity contribution in [2.75, 3.05) is 6.61 Å². The molecule has 0 bridgehead atoms. The van der Waals surface area contributed by atoms with Crippen LogP contribution in [-0.2, 0) is 22.5 Å². The van der Waals surface area contributed by atoms with Crippen molar-refractivity contribution in [1.29, 1.82) is 0 Å². The first-order valence-corrected chi connectivity index (χ1v) is 10.1. The molecule has 0 aliphatic carbocycles. The van der Waals surface area contributed by atoms with Crippen LogP contribution < -0.4 is 5.32 Å². The summed E-state index contributed by atoms with van der Waals surface area (Å²) in [6.07, 6.45) is 0.697. The number of esters is 1. The minimum absolute atomic E-state index is 0.133. The van der Waals surface area contributed by atoms with E-state index >= 15 is 0 Å². The van der Waals surface area contributed by atoms with E-state index in [1.54, 1.807) is 12.1 Å². The Morgan fingerprint density at radius 2 is 1.90 bits per heavy atom. The summed E-state index contributed by atoms with van der Waals surface area (Å²) in [6, 6.07) is 10.9. The molecular weight excluding hydrogens is 388 g/mol. The molecule has 2 heterocycles. The van der Waals surface area contributed by atoms with Gasteiger partial charge in [0, 0.05) is 22.9 Å². The molecular formula is C22H22N2O4S. The molecule has 2 aromatic heterocycles. The number of hydrogen-bond acceptors (Lipinski definition) is 6. The molecule has 0 atom stereocenters.